The van der Waals surface area contributed by atoms with Crippen molar-refractivity contribution in [2.45, 2.75) is 39.9 Å². The molecule has 1 atom stereocenters. The molecule has 0 fully saturated rings. The molecule has 1 unspecified atom stereocenters. The van der Waals surface area contributed by atoms with Gasteiger partial charge in [0.05, 0.1) is 12.2 Å². The van der Waals surface area contributed by atoms with Crippen molar-refractivity contribution in [2.24, 2.45) is 10.7 Å². The number of carbonyl (C=O) groups is 1. The first kappa shape index (κ1) is 12.8. The summed E-state index contributed by atoms with van der Waals surface area (Å²) in [6, 6.07) is 2.15. The van der Waals surface area contributed by atoms with Gasteiger partial charge in [-0.05, 0) is 26.8 Å². The van der Waals surface area contributed by atoms with E-state index in [1.807, 2.05) is 31.5 Å². The normalized spacial score (nSPS) is 19.6. The van der Waals surface area contributed by atoms with Crippen LogP contribution in [0.4, 0.5) is 0 Å². The number of amides is 1. The quantitative estimate of drug-likeness (QED) is 0.836. The van der Waals surface area contributed by atoms with Gasteiger partial charge < -0.3 is 5.73 Å². The van der Waals surface area contributed by atoms with Crippen molar-refractivity contribution in [3.63, 3.8) is 0 Å². The van der Waals surface area contributed by atoms with E-state index in [-0.39, 0.29) is 18.1 Å². The first-order valence-corrected chi connectivity index (χ1v) is 6.08. The average Bonchev–Trinajstić information content (AvgIpc) is 2.81. The minimum Gasteiger partial charge on any atom is -0.308 e. The Bertz CT molecular complexity index is 503. The summed E-state index contributed by atoms with van der Waals surface area (Å²) in [5.41, 5.74) is 7.57. The molecule has 2 heterocycles. The van der Waals surface area contributed by atoms with E-state index in [9.17, 15) is 4.79 Å². The number of hydrogen-bond donors (Lipinski definition) is 1. The van der Waals surface area contributed by atoms with Gasteiger partial charge in [-0.15, -0.1) is 0 Å². The third-order valence-electron chi connectivity index (χ3n) is 2.87. The lowest BCUT2D eigenvalue weighted by Crippen LogP contribution is -2.36. The molecule has 0 saturated heterocycles. The van der Waals surface area contributed by atoms with Gasteiger partial charge in [0.15, 0.2) is 5.84 Å². The molecule has 18 heavy (non-hydrogen) atoms. The van der Waals surface area contributed by atoms with Crippen molar-refractivity contribution in [3.8, 4) is 0 Å². The van der Waals surface area contributed by atoms with Crippen LogP contribution in [-0.4, -0.2) is 39.1 Å². The highest BCUT2D eigenvalue weighted by molar-refractivity contribution is 6.07. The number of aliphatic imine (C=N–C) groups is 1. The molecule has 0 bridgehead atoms. The molecule has 98 valence electrons. The first-order chi connectivity index (χ1) is 8.40. The zero-order chi connectivity index (χ0) is 13.4. The molecule has 2 N–H and O–H groups in total. The number of hydrogen-bond acceptors (Lipinski definition) is 4. The molecular weight excluding hydrogens is 230 g/mol. The summed E-state index contributed by atoms with van der Waals surface area (Å²) in [4.78, 5) is 17.6. The number of nitrogens with zero attached hydrogens (tertiary/aromatic N) is 4. The molecule has 0 aliphatic carbocycles. The zero-order valence-corrected chi connectivity index (χ0v) is 11.2. The van der Waals surface area contributed by atoms with E-state index >= 15 is 0 Å². The monoisotopic (exact) mass is 249 g/mol. The summed E-state index contributed by atoms with van der Waals surface area (Å²) < 4.78 is 1.88. The van der Waals surface area contributed by atoms with Gasteiger partial charge in [-0.3, -0.25) is 14.4 Å². The summed E-state index contributed by atoms with van der Waals surface area (Å²) >= 11 is 0. The largest absolute Gasteiger partial charge is 0.308 e. The minimum atomic E-state index is -0.347. The van der Waals surface area contributed by atoms with Crippen LogP contribution in [0.25, 0.3) is 0 Å². The van der Waals surface area contributed by atoms with E-state index in [1.54, 1.807) is 4.90 Å². The summed E-state index contributed by atoms with van der Waals surface area (Å²) in [6.45, 7) is 7.98. The Morgan fingerprint density at radius 2 is 2.22 bits per heavy atom. The molecule has 1 aliphatic rings. The summed E-state index contributed by atoms with van der Waals surface area (Å²) in [5.74, 6) is 0.583. The van der Waals surface area contributed by atoms with E-state index in [1.165, 1.54) is 6.92 Å². The van der Waals surface area contributed by atoms with Crippen LogP contribution in [0.3, 0.4) is 0 Å². The molecule has 0 radical (unpaired) electrons. The van der Waals surface area contributed by atoms with Crippen molar-refractivity contribution < 1.29 is 4.79 Å². The second kappa shape index (κ2) is 4.53. The predicted octanol–water partition coefficient (Wildman–Crippen LogP) is 0.666. The Balaban J connectivity index is 2.47. The maximum Gasteiger partial charge on any atom is 0.225 e. The fourth-order valence-corrected chi connectivity index (χ4v) is 2.10. The number of carbonyl (C=O) groups excluding carboxylic acids is 1. The molecule has 6 heteroatoms. The van der Waals surface area contributed by atoms with Crippen molar-refractivity contribution in [2.75, 3.05) is 6.54 Å². The van der Waals surface area contributed by atoms with Gasteiger partial charge in [0, 0.05) is 13.0 Å². The van der Waals surface area contributed by atoms with Gasteiger partial charge in [-0.2, -0.15) is 5.10 Å². The van der Waals surface area contributed by atoms with Gasteiger partial charge in [0.25, 0.3) is 0 Å². The molecule has 2 rings (SSSR count). The van der Waals surface area contributed by atoms with Crippen molar-refractivity contribution in [1.29, 1.82) is 0 Å². The van der Waals surface area contributed by atoms with E-state index in [2.05, 4.69) is 10.1 Å². The molecule has 1 aromatic rings. The van der Waals surface area contributed by atoms with Gasteiger partial charge in [0.1, 0.15) is 11.9 Å². The van der Waals surface area contributed by atoms with Crippen LogP contribution in [0.1, 0.15) is 38.2 Å². The molecule has 1 aromatic heterocycles. The average molecular weight is 249 g/mol. The van der Waals surface area contributed by atoms with Crippen molar-refractivity contribution >= 4 is 11.7 Å². The Hall–Kier alpha value is -1.69. The zero-order valence-electron chi connectivity index (χ0n) is 11.2. The van der Waals surface area contributed by atoms with Gasteiger partial charge >= 0.3 is 0 Å². The summed E-state index contributed by atoms with van der Waals surface area (Å²) in [7, 11) is 0. The van der Waals surface area contributed by atoms with Crippen LogP contribution in [0, 0.1) is 6.92 Å². The topological polar surface area (TPSA) is 76.5 Å². The molecule has 0 spiro atoms. The van der Waals surface area contributed by atoms with E-state index in [4.69, 9.17) is 5.73 Å². The number of aryl methyl sites for hydroxylation is 1. The summed E-state index contributed by atoms with van der Waals surface area (Å²) in [5, 5.41) is 4.43. The lowest BCUT2D eigenvalue weighted by molar-refractivity contribution is -0.124. The van der Waals surface area contributed by atoms with Gasteiger partial charge in [-0.1, -0.05) is 0 Å². The molecule has 0 saturated carbocycles. The van der Waals surface area contributed by atoms with E-state index in [0.717, 1.165) is 11.4 Å². The molecular formula is C12H19N5O. The van der Waals surface area contributed by atoms with Crippen LogP contribution in [0.2, 0.25) is 0 Å². The van der Waals surface area contributed by atoms with Gasteiger partial charge in [0.2, 0.25) is 5.91 Å². The smallest absolute Gasteiger partial charge is 0.225 e. The Morgan fingerprint density at radius 1 is 1.56 bits per heavy atom. The van der Waals surface area contributed by atoms with E-state index in [0.29, 0.717) is 12.4 Å². The SMILES string of the molecule is CC(=O)N1CC(N)N=C1c1cc(C)nn1C(C)C. The Kier molecular flexibility index (Phi) is 3.21. The maximum absolute atomic E-state index is 11.6. The Labute approximate surface area is 106 Å². The Morgan fingerprint density at radius 3 is 2.78 bits per heavy atom. The highest BCUT2D eigenvalue weighted by Crippen LogP contribution is 2.18. The number of nitrogens with two attached hydrogens (primary N) is 1. The lowest BCUT2D eigenvalue weighted by Gasteiger charge is -2.18. The fraction of sp³-hybridized carbons (Fsp3) is 0.583. The third kappa shape index (κ3) is 2.15. The maximum atomic E-state index is 11.6. The first-order valence-electron chi connectivity index (χ1n) is 6.08. The second-order valence-electron chi connectivity index (χ2n) is 4.86. The molecule has 0 aromatic carbocycles. The van der Waals surface area contributed by atoms with Crippen LogP contribution < -0.4 is 5.73 Å². The van der Waals surface area contributed by atoms with Crippen LogP contribution >= 0.6 is 0 Å². The summed E-state index contributed by atoms with van der Waals surface area (Å²) in [6.07, 6.45) is -0.347. The highest BCUT2D eigenvalue weighted by Gasteiger charge is 2.29. The van der Waals surface area contributed by atoms with Crippen LogP contribution in [0.15, 0.2) is 11.1 Å². The van der Waals surface area contributed by atoms with Crippen molar-refractivity contribution in [3.05, 3.63) is 17.5 Å². The predicted molar refractivity (Wildman–Crippen MR) is 69.2 cm³/mol. The third-order valence-corrected chi connectivity index (χ3v) is 2.87. The standard InChI is InChI=1S/C12H19N5O/c1-7(2)17-10(5-8(3)15-17)12-14-11(13)6-16(12)9(4)18/h5,7,11H,6,13H2,1-4H3. The van der Waals surface area contributed by atoms with Gasteiger partial charge in [-0.25, -0.2) is 4.99 Å². The van der Waals surface area contributed by atoms with E-state index < -0.39 is 0 Å². The molecule has 6 nitrogen and oxygen atoms in total. The number of rotatable bonds is 2. The highest BCUT2D eigenvalue weighted by atomic mass is 16.2. The number of amidine groups is 1. The second-order valence-corrected chi connectivity index (χ2v) is 4.86. The fourth-order valence-electron chi connectivity index (χ4n) is 2.10. The minimum absolute atomic E-state index is 0.0455. The molecule has 1 aliphatic heterocycles. The number of aromatic nitrogens is 2. The lowest BCUT2D eigenvalue weighted by atomic mass is 10.3. The van der Waals surface area contributed by atoms with Crippen molar-refractivity contribution in [1.82, 2.24) is 14.7 Å². The molecule has 1 amide bonds. The van der Waals surface area contributed by atoms with Crippen LogP contribution in [0.5, 0.6) is 0 Å². The van der Waals surface area contributed by atoms with Crippen LogP contribution in [-0.2, 0) is 4.79 Å².